The van der Waals surface area contributed by atoms with E-state index in [1.165, 1.54) is 5.56 Å². The van der Waals surface area contributed by atoms with Crippen LogP contribution in [-0.4, -0.2) is 57.6 Å². The van der Waals surface area contributed by atoms with Gasteiger partial charge in [-0.15, -0.1) is 0 Å². The second-order valence-corrected chi connectivity index (χ2v) is 8.43. The Kier molecular flexibility index (Phi) is 5.68. The van der Waals surface area contributed by atoms with E-state index in [4.69, 9.17) is 5.41 Å². The van der Waals surface area contributed by atoms with Gasteiger partial charge in [0.25, 0.3) is 5.91 Å². The van der Waals surface area contributed by atoms with Crippen molar-refractivity contribution in [2.75, 3.05) is 19.6 Å². The molecule has 0 spiro atoms. The maximum Gasteiger partial charge on any atom is 0.254 e. The van der Waals surface area contributed by atoms with Crippen LogP contribution in [0.5, 0.6) is 0 Å². The van der Waals surface area contributed by atoms with Gasteiger partial charge in [-0.3, -0.25) is 14.7 Å². The van der Waals surface area contributed by atoms with E-state index in [0.29, 0.717) is 5.57 Å². The number of likely N-dealkylation sites (tertiary alicyclic amines) is 1. The Labute approximate surface area is 186 Å². The van der Waals surface area contributed by atoms with Crippen molar-refractivity contribution < 1.29 is 4.79 Å². The van der Waals surface area contributed by atoms with Gasteiger partial charge < -0.3 is 21.0 Å². The van der Waals surface area contributed by atoms with Crippen LogP contribution in [0.25, 0.3) is 11.0 Å². The van der Waals surface area contributed by atoms with E-state index in [2.05, 4.69) is 36.6 Å². The molecule has 164 valence electrons. The number of amides is 1. The van der Waals surface area contributed by atoms with Crippen LogP contribution in [0.3, 0.4) is 0 Å². The molecule has 1 aliphatic carbocycles. The first-order chi connectivity index (χ1) is 15.7. The number of pyridine rings is 1. The summed E-state index contributed by atoms with van der Waals surface area (Å²) in [6.45, 7) is 2.75. The van der Waals surface area contributed by atoms with Crippen molar-refractivity contribution >= 4 is 23.2 Å². The Morgan fingerprint density at radius 1 is 1.25 bits per heavy atom. The fraction of sp³-hybridized carbons (Fsp3) is 0.333. The van der Waals surface area contributed by atoms with Gasteiger partial charge in [0.1, 0.15) is 5.82 Å². The highest BCUT2D eigenvalue weighted by molar-refractivity contribution is 6.11. The number of aromatic amines is 1. The summed E-state index contributed by atoms with van der Waals surface area (Å²) in [4.78, 5) is 27.4. The predicted molar refractivity (Wildman–Crippen MR) is 123 cm³/mol. The number of nitrogens with zero attached hydrogens (tertiary/aromatic N) is 3. The fourth-order valence-corrected chi connectivity index (χ4v) is 4.42. The molecule has 2 aromatic heterocycles. The molecule has 32 heavy (non-hydrogen) atoms. The van der Waals surface area contributed by atoms with E-state index in [-0.39, 0.29) is 18.0 Å². The lowest BCUT2D eigenvalue weighted by molar-refractivity contribution is -0.117. The zero-order chi connectivity index (χ0) is 21.9. The molecular formula is C24H27N7O. The molecule has 0 bridgehead atoms. The van der Waals surface area contributed by atoms with Gasteiger partial charge in [0.05, 0.1) is 34.4 Å². The van der Waals surface area contributed by atoms with Crippen molar-refractivity contribution in [3.05, 3.63) is 71.4 Å². The standard InChI is InChI=1S/C24H27N7O/c25-12-17(24(32)30-21-8-7-16-4-3-10-26-23(16)21)13-27-18-14-31(15-18)11-9-22-28-19-5-1-2-6-20(19)29-22/h1-6,10,12-13,18,21,25,27H,7-9,11,14-15H2,(H,28,29)(H,30,32)/b17-13+,25-12?. The van der Waals surface area contributed by atoms with Crippen molar-refractivity contribution in [1.29, 1.82) is 5.41 Å². The molecule has 1 saturated heterocycles. The van der Waals surface area contributed by atoms with Gasteiger partial charge in [0.2, 0.25) is 0 Å². The van der Waals surface area contributed by atoms with E-state index in [1.807, 2.05) is 30.3 Å². The Bertz CT molecular complexity index is 1130. The second-order valence-electron chi connectivity index (χ2n) is 8.43. The number of imidazole rings is 1. The van der Waals surface area contributed by atoms with E-state index < -0.39 is 0 Å². The molecule has 1 aromatic carbocycles. The summed E-state index contributed by atoms with van der Waals surface area (Å²) in [5.74, 6) is 0.769. The third-order valence-electron chi connectivity index (χ3n) is 6.22. The number of benzene rings is 1. The average molecular weight is 430 g/mol. The van der Waals surface area contributed by atoms with Crippen LogP contribution in [0, 0.1) is 5.41 Å². The number of hydrogen-bond donors (Lipinski definition) is 4. The summed E-state index contributed by atoms with van der Waals surface area (Å²) in [5.41, 5.74) is 4.54. The Morgan fingerprint density at radius 2 is 2.12 bits per heavy atom. The number of nitrogens with one attached hydrogen (secondary N) is 4. The minimum Gasteiger partial charge on any atom is -0.385 e. The normalized spacial score (nSPS) is 18.9. The van der Waals surface area contributed by atoms with Crippen molar-refractivity contribution in [2.24, 2.45) is 0 Å². The SMILES string of the molecule is N=C/C(=C\NC1CN(CCc2nc3ccccc3[nH]2)C1)C(=O)NC1CCc2cccnc21. The van der Waals surface area contributed by atoms with Gasteiger partial charge in [-0.25, -0.2) is 4.98 Å². The first kappa shape index (κ1) is 20.4. The fourth-order valence-electron chi connectivity index (χ4n) is 4.42. The number of H-pyrrole nitrogens is 1. The summed E-state index contributed by atoms with van der Waals surface area (Å²) in [5, 5.41) is 14.0. The van der Waals surface area contributed by atoms with E-state index in [9.17, 15) is 4.79 Å². The summed E-state index contributed by atoms with van der Waals surface area (Å²) >= 11 is 0. The second kappa shape index (κ2) is 8.92. The minimum absolute atomic E-state index is 0.0838. The first-order valence-corrected chi connectivity index (χ1v) is 11.1. The highest BCUT2D eigenvalue weighted by Crippen LogP contribution is 2.28. The van der Waals surface area contributed by atoms with Gasteiger partial charge in [-0.1, -0.05) is 18.2 Å². The van der Waals surface area contributed by atoms with Crippen molar-refractivity contribution in [3.8, 4) is 0 Å². The van der Waals surface area contributed by atoms with Crippen molar-refractivity contribution in [3.63, 3.8) is 0 Å². The molecule has 4 N–H and O–H groups in total. The molecular weight excluding hydrogens is 402 g/mol. The number of fused-ring (bicyclic) bond motifs is 2. The number of para-hydroxylation sites is 2. The summed E-state index contributed by atoms with van der Waals surface area (Å²) in [6.07, 6.45) is 7.17. The third kappa shape index (κ3) is 4.27. The topological polar surface area (TPSA) is 110 Å². The van der Waals surface area contributed by atoms with E-state index in [1.54, 1.807) is 12.4 Å². The summed E-state index contributed by atoms with van der Waals surface area (Å²) in [7, 11) is 0. The summed E-state index contributed by atoms with van der Waals surface area (Å²) in [6, 6.07) is 12.2. The molecule has 1 unspecified atom stereocenters. The number of carbonyl (C=O) groups excluding carboxylic acids is 1. The monoisotopic (exact) mass is 429 g/mol. The maximum atomic E-state index is 12.6. The molecule has 3 heterocycles. The summed E-state index contributed by atoms with van der Waals surface area (Å²) < 4.78 is 0. The molecule has 5 rings (SSSR count). The third-order valence-corrected chi connectivity index (χ3v) is 6.22. The van der Waals surface area contributed by atoms with Gasteiger partial charge in [-0.05, 0) is 36.6 Å². The number of aryl methyl sites for hydroxylation is 1. The number of rotatable bonds is 8. The Morgan fingerprint density at radius 3 is 2.97 bits per heavy atom. The van der Waals surface area contributed by atoms with Crippen molar-refractivity contribution in [2.45, 2.75) is 31.3 Å². The van der Waals surface area contributed by atoms with Gasteiger partial charge in [0, 0.05) is 44.7 Å². The van der Waals surface area contributed by atoms with Gasteiger partial charge in [0.15, 0.2) is 0 Å². The maximum absolute atomic E-state index is 12.6. The van der Waals surface area contributed by atoms with Crippen LogP contribution < -0.4 is 10.6 Å². The molecule has 0 saturated carbocycles. The smallest absolute Gasteiger partial charge is 0.254 e. The molecule has 1 atom stereocenters. The van der Waals surface area contributed by atoms with Gasteiger partial charge in [-0.2, -0.15) is 0 Å². The minimum atomic E-state index is -0.239. The molecule has 1 fully saturated rings. The average Bonchev–Trinajstić information content (AvgIpc) is 3.38. The Hall–Kier alpha value is -3.52. The highest BCUT2D eigenvalue weighted by atomic mass is 16.1. The van der Waals surface area contributed by atoms with Crippen LogP contribution in [0.2, 0.25) is 0 Å². The molecule has 0 radical (unpaired) electrons. The van der Waals surface area contributed by atoms with Crippen LogP contribution >= 0.6 is 0 Å². The predicted octanol–water partition coefficient (Wildman–Crippen LogP) is 2.11. The molecule has 8 heteroatoms. The Balaban J connectivity index is 1.08. The number of carbonyl (C=O) groups is 1. The lowest BCUT2D eigenvalue weighted by Gasteiger charge is -2.39. The zero-order valence-electron chi connectivity index (χ0n) is 17.8. The molecule has 8 nitrogen and oxygen atoms in total. The van der Waals surface area contributed by atoms with Crippen LogP contribution in [0.1, 0.15) is 29.5 Å². The van der Waals surface area contributed by atoms with Crippen molar-refractivity contribution in [1.82, 2.24) is 30.5 Å². The molecule has 2 aliphatic rings. The van der Waals surface area contributed by atoms with Gasteiger partial charge >= 0.3 is 0 Å². The highest BCUT2D eigenvalue weighted by Gasteiger charge is 2.27. The molecule has 1 aliphatic heterocycles. The van der Waals surface area contributed by atoms with E-state index in [0.717, 1.165) is 67.7 Å². The van der Waals surface area contributed by atoms with Crippen LogP contribution in [-0.2, 0) is 17.6 Å². The lowest BCUT2D eigenvalue weighted by atomic mass is 10.1. The zero-order valence-corrected chi connectivity index (χ0v) is 17.8. The number of hydrogen-bond acceptors (Lipinski definition) is 6. The largest absolute Gasteiger partial charge is 0.385 e. The number of aromatic nitrogens is 3. The van der Waals surface area contributed by atoms with E-state index >= 15 is 0 Å². The molecule has 1 amide bonds. The quantitative estimate of drug-likeness (QED) is 0.324. The lowest BCUT2D eigenvalue weighted by Crippen LogP contribution is -2.57. The van der Waals surface area contributed by atoms with Crippen LogP contribution in [0.4, 0.5) is 0 Å². The molecule has 3 aromatic rings. The van der Waals surface area contributed by atoms with Crippen LogP contribution in [0.15, 0.2) is 54.4 Å². The first-order valence-electron chi connectivity index (χ1n) is 11.1.